The fourth-order valence-corrected chi connectivity index (χ4v) is 5.29. The fourth-order valence-electron chi connectivity index (χ4n) is 3.13. The smallest absolute Gasteiger partial charge is 0.280 e. The van der Waals surface area contributed by atoms with Gasteiger partial charge >= 0.3 is 0 Å². The monoisotopic (exact) mass is 504 g/mol. The topological polar surface area (TPSA) is 156 Å². The van der Waals surface area contributed by atoms with Crippen molar-refractivity contribution >= 4 is 33.0 Å². The second-order valence-corrected chi connectivity index (χ2v) is 10.7. The Bertz CT molecular complexity index is 1280. The first kappa shape index (κ1) is 24.0. The fraction of sp³-hybridized carbons (Fsp3) is 0.381. The largest absolute Gasteiger partial charge is 0.477 e. The number of aliphatic hydroxyl groups is 1. The number of sulfonamides is 1. The summed E-state index contributed by atoms with van der Waals surface area (Å²) in [6, 6.07) is 2.14. The Morgan fingerprint density at radius 2 is 2.09 bits per heavy atom. The van der Waals surface area contributed by atoms with Gasteiger partial charge in [-0.2, -0.15) is 0 Å². The van der Waals surface area contributed by atoms with Crippen molar-refractivity contribution in [1.29, 1.82) is 0 Å². The predicted molar refractivity (Wildman–Crippen MR) is 126 cm³/mol. The molecule has 0 unspecified atom stereocenters. The normalized spacial score (nSPS) is 15.4. The summed E-state index contributed by atoms with van der Waals surface area (Å²) in [7, 11) is -3.46. The molecule has 2 atom stereocenters. The molecule has 0 radical (unpaired) electrons. The molecule has 1 aliphatic rings. The summed E-state index contributed by atoms with van der Waals surface area (Å²) in [5, 5.41) is 12.8. The maximum atomic E-state index is 12.9. The maximum Gasteiger partial charge on any atom is 0.280 e. The highest BCUT2D eigenvalue weighted by Crippen LogP contribution is 2.30. The number of pyridine rings is 1. The SMILES string of the molecule is CCOc1cncc(-c2cnc(C(=O)N[C@@H](c3cc(NS(=O)(=O)C4CC4)ccn3)[C@H](C)O)s2)n1. The number of aliphatic hydroxyl groups excluding tert-OH is 1. The van der Waals surface area contributed by atoms with Crippen LogP contribution in [0.4, 0.5) is 5.69 Å². The highest BCUT2D eigenvalue weighted by molar-refractivity contribution is 7.93. The van der Waals surface area contributed by atoms with Gasteiger partial charge in [0, 0.05) is 12.4 Å². The highest BCUT2D eigenvalue weighted by atomic mass is 32.2. The number of amides is 1. The molecular weight excluding hydrogens is 480 g/mol. The zero-order valence-electron chi connectivity index (χ0n) is 18.5. The maximum absolute atomic E-state index is 12.9. The average Bonchev–Trinajstić information content (AvgIpc) is 3.55. The van der Waals surface area contributed by atoms with Crippen LogP contribution in [0.25, 0.3) is 10.6 Å². The number of hydrogen-bond acceptors (Lipinski definition) is 10. The molecular formula is C21H24N6O5S2. The van der Waals surface area contributed by atoms with E-state index in [1.807, 2.05) is 6.92 Å². The van der Waals surface area contributed by atoms with Crippen molar-refractivity contribution in [3.63, 3.8) is 0 Å². The van der Waals surface area contributed by atoms with Crippen LogP contribution >= 0.6 is 11.3 Å². The molecule has 0 saturated heterocycles. The van der Waals surface area contributed by atoms with Gasteiger partial charge in [-0.25, -0.2) is 18.4 Å². The van der Waals surface area contributed by atoms with E-state index in [1.165, 1.54) is 37.6 Å². The van der Waals surface area contributed by atoms with Gasteiger partial charge in [-0.3, -0.25) is 19.5 Å². The Kier molecular flexibility index (Phi) is 7.05. The molecule has 1 amide bonds. The van der Waals surface area contributed by atoms with E-state index in [2.05, 4.69) is 30.0 Å². The molecule has 11 nitrogen and oxygen atoms in total. The molecule has 3 aromatic rings. The standard InChI is InChI=1S/C21H24N6O5S2/c1-3-32-18-11-22-9-16(25-18)17-10-24-21(33-17)20(29)26-19(12(2)28)15-8-13(6-7-23-15)27-34(30,31)14-4-5-14/h6-12,14,19,28H,3-5H2,1-2H3,(H,23,27)(H,26,29)/t12-,19+/m0/s1. The lowest BCUT2D eigenvalue weighted by molar-refractivity contribution is 0.0854. The molecule has 34 heavy (non-hydrogen) atoms. The number of hydrogen-bond donors (Lipinski definition) is 3. The zero-order valence-corrected chi connectivity index (χ0v) is 20.1. The summed E-state index contributed by atoms with van der Waals surface area (Å²) >= 11 is 1.12. The van der Waals surface area contributed by atoms with Gasteiger partial charge in [0.2, 0.25) is 15.9 Å². The van der Waals surface area contributed by atoms with E-state index in [1.54, 1.807) is 6.20 Å². The van der Waals surface area contributed by atoms with Crippen molar-refractivity contribution in [3.05, 3.63) is 47.6 Å². The Labute approximate surface area is 200 Å². The van der Waals surface area contributed by atoms with Crippen LogP contribution in [0.3, 0.4) is 0 Å². The molecule has 0 aromatic carbocycles. The van der Waals surface area contributed by atoms with E-state index < -0.39 is 28.1 Å². The van der Waals surface area contributed by atoms with Crippen molar-refractivity contribution in [2.45, 2.75) is 44.1 Å². The molecule has 13 heteroatoms. The number of nitrogens with one attached hydrogen (secondary N) is 2. The Hall–Kier alpha value is -3.16. The van der Waals surface area contributed by atoms with Gasteiger partial charge in [-0.05, 0) is 38.8 Å². The van der Waals surface area contributed by atoms with Crippen LogP contribution in [-0.2, 0) is 10.0 Å². The van der Waals surface area contributed by atoms with Crippen LogP contribution in [0.2, 0.25) is 0 Å². The van der Waals surface area contributed by atoms with Gasteiger partial charge in [0.1, 0.15) is 5.69 Å². The van der Waals surface area contributed by atoms with Gasteiger partial charge in [-0.1, -0.05) is 0 Å². The van der Waals surface area contributed by atoms with Crippen molar-refractivity contribution in [3.8, 4) is 16.5 Å². The summed E-state index contributed by atoms with van der Waals surface area (Å²) in [5.41, 5.74) is 1.15. The third kappa shape index (κ3) is 5.66. The lowest BCUT2D eigenvalue weighted by atomic mass is 10.1. The second kappa shape index (κ2) is 9.99. The average molecular weight is 505 g/mol. The number of carbonyl (C=O) groups is 1. The minimum Gasteiger partial charge on any atom is -0.477 e. The number of anilines is 1. The molecule has 180 valence electrons. The quantitative estimate of drug-likeness (QED) is 0.376. The Morgan fingerprint density at radius 3 is 2.79 bits per heavy atom. The van der Waals surface area contributed by atoms with E-state index in [4.69, 9.17) is 4.74 Å². The third-order valence-corrected chi connectivity index (χ3v) is 7.84. The molecule has 4 rings (SSSR count). The van der Waals surface area contributed by atoms with E-state index in [0.29, 0.717) is 47.3 Å². The highest BCUT2D eigenvalue weighted by Gasteiger charge is 2.36. The van der Waals surface area contributed by atoms with Crippen LogP contribution in [-0.4, -0.2) is 57.3 Å². The number of rotatable bonds is 10. The molecule has 1 aliphatic carbocycles. The van der Waals surface area contributed by atoms with Gasteiger partial charge in [0.25, 0.3) is 5.91 Å². The summed E-state index contributed by atoms with van der Waals surface area (Å²) in [6.07, 6.45) is 6.26. The van der Waals surface area contributed by atoms with Gasteiger partial charge in [0.15, 0.2) is 5.01 Å². The first-order chi connectivity index (χ1) is 16.3. The van der Waals surface area contributed by atoms with Gasteiger partial charge in [-0.15, -0.1) is 11.3 Å². The number of carbonyl (C=O) groups excluding carboxylic acids is 1. The van der Waals surface area contributed by atoms with Crippen LogP contribution in [0.1, 0.15) is 48.2 Å². The molecule has 3 N–H and O–H groups in total. The van der Waals surface area contributed by atoms with Crippen LogP contribution in [0.15, 0.2) is 36.9 Å². The molecule has 1 saturated carbocycles. The van der Waals surface area contributed by atoms with Gasteiger partial charge in [0.05, 0.1) is 52.7 Å². The number of ether oxygens (including phenoxy) is 1. The van der Waals surface area contributed by atoms with E-state index in [0.717, 1.165) is 11.3 Å². The number of nitrogens with zero attached hydrogens (tertiary/aromatic N) is 4. The van der Waals surface area contributed by atoms with E-state index >= 15 is 0 Å². The van der Waals surface area contributed by atoms with E-state index in [-0.39, 0.29) is 10.3 Å². The van der Waals surface area contributed by atoms with Crippen molar-refractivity contribution in [2.75, 3.05) is 11.3 Å². The van der Waals surface area contributed by atoms with E-state index in [9.17, 15) is 18.3 Å². The second-order valence-electron chi connectivity index (χ2n) is 7.71. The molecule has 0 bridgehead atoms. The first-order valence-electron chi connectivity index (χ1n) is 10.6. The van der Waals surface area contributed by atoms with Crippen LogP contribution in [0.5, 0.6) is 5.88 Å². The van der Waals surface area contributed by atoms with Crippen molar-refractivity contribution < 1.29 is 23.1 Å². The van der Waals surface area contributed by atoms with Crippen molar-refractivity contribution in [1.82, 2.24) is 25.3 Å². The minimum atomic E-state index is -3.46. The summed E-state index contributed by atoms with van der Waals surface area (Å²) in [5.74, 6) is -0.140. The summed E-state index contributed by atoms with van der Waals surface area (Å²) in [4.78, 5) is 30.3. The third-order valence-electron chi connectivity index (χ3n) is 4.95. The first-order valence-corrected chi connectivity index (χ1v) is 13.0. The van der Waals surface area contributed by atoms with Gasteiger partial charge < -0.3 is 15.2 Å². The van der Waals surface area contributed by atoms with Crippen LogP contribution in [0, 0.1) is 0 Å². The molecule has 3 heterocycles. The molecule has 0 aliphatic heterocycles. The Balaban J connectivity index is 1.50. The lowest BCUT2D eigenvalue weighted by Crippen LogP contribution is -2.35. The zero-order chi connectivity index (χ0) is 24.3. The minimum absolute atomic E-state index is 0.162. The molecule has 3 aromatic heterocycles. The van der Waals surface area contributed by atoms with Crippen molar-refractivity contribution in [2.24, 2.45) is 0 Å². The molecule has 0 spiro atoms. The van der Waals surface area contributed by atoms with Crippen LogP contribution < -0.4 is 14.8 Å². The summed E-state index contributed by atoms with van der Waals surface area (Å²) in [6.45, 7) is 3.80. The number of aromatic nitrogens is 4. The Morgan fingerprint density at radius 1 is 1.29 bits per heavy atom. The molecule has 1 fully saturated rings. The summed E-state index contributed by atoms with van der Waals surface area (Å²) < 4.78 is 32.4. The lowest BCUT2D eigenvalue weighted by Gasteiger charge is -2.21. The predicted octanol–water partition coefficient (Wildman–Crippen LogP) is 2.15. The number of thiazole rings is 1.